The van der Waals surface area contributed by atoms with Crippen molar-refractivity contribution >= 4 is 0 Å². The van der Waals surface area contributed by atoms with Gasteiger partial charge in [-0.25, -0.2) is 0 Å². The molecule has 0 spiro atoms. The number of ether oxygens (including phenoxy) is 1. The van der Waals surface area contributed by atoms with Crippen LogP contribution in [-0.2, 0) is 6.42 Å². The minimum absolute atomic E-state index is 0.684. The second-order valence-corrected chi connectivity index (χ2v) is 6.42. The highest BCUT2D eigenvalue weighted by Crippen LogP contribution is 2.21. The van der Waals surface area contributed by atoms with Crippen molar-refractivity contribution in [1.82, 2.24) is 15.5 Å². The van der Waals surface area contributed by atoms with Gasteiger partial charge in [-0.3, -0.25) is 0 Å². The number of para-hydroxylation sites is 1. The minimum Gasteiger partial charge on any atom is -0.492 e. The third-order valence-electron chi connectivity index (χ3n) is 3.96. The number of nitrogens with one attached hydrogen (secondary N) is 2. The Morgan fingerprint density at radius 2 is 1.48 bits per heavy atom. The van der Waals surface area contributed by atoms with Gasteiger partial charge in [-0.15, -0.1) is 0 Å². The summed E-state index contributed by atoms with van der Waals surface area (Å²) < 4.78 is 5.98. The maximum atomic E-state index is 5.98. The van der Waals surface area contributed by atoms with Gasteiger partial charge >= 0.3 is 0 Å². The Morgan fingerprint density at radius 3 is 2.24 bits per heavy atom. The average molecular weight is 341 g/mol. The predicted molar refractivity (Wildman–Crippen MR) is 105 cm³/mol. The second kappa shape index (κ2) is 11.6. The molecule has 0 saturated carbocycles. The number of hydrogen-bond donors (Lipinski definition) is 2. The lowest BCUT2D eigenvalue weighted by Gasteiger charge is -2.13. The lowest BCUT2D eigenvalue weighted by molar-refractivity contribution is 0.311. The fraction of sp³-hybridized carbons (Fsp3) is 0.429. The zero-order valence-electron chi connectivity index (χ0n) is 15.5. The van der Waals surface area contributed by atoms with Crippen LogP contribution in [0.25, 0.3) is 0 Å². The summed E-state index contributed by atoms with van der Waals surface area (Å²) in [5.41, 5.74) is 2.54. The highest BCUT2D eigenvalue weighted by Gasteiger charge is 2.04. The van der Waals surface area contributed by atoms with Crippen LogP contribution >= 0.6 is 0 Å². The molecule has 0 fully saturated rings. The van der Waals surface area contributed by atoms with E-state index < -0.39 is 0 Å². The summed E-state index contributed by atoms with van der Waals surface area (Å²) >= 11 is 0. The first-order valence-electron chi connectivity index (χ1n) is 9.06. The van der Waals surface area contributed by atoms with Gasteiger partial charge in [0.25, 0.3) is 0 Å². The van der Waals surface area contributed by atoms with Crippen LogP contribution in [-0.4, -0.2) is 58.3 Å². The molecule has 0 aliphatic heterocycles. The average Bonchev–Trinajstić information content (AvgIpc) is 2.62. The van der Waals surface area contributed by atoms with E-state index in [1.807, 2.05) is 12.1 Å². The van der Waals surface area contributed by atoms with Gasteiger partial charge in [0.15, 0.2) is 0 Å². The van der Waals surface area contributed by atoms with Gasteiger partial charge in [0, 0.05) is 39.1 Å². The molecule has 25 heavy (non-hydrogen) atoms. The third-order valence-corrected chi connectivity index (χ3v) is 3.96. The summed E-state index contributed by atoms with van der Waals surface area (Å²) in [7, 11) is 4.18. The van der Waals surface area contributed by atoms with Crippen molar-refractivity contribution in [1.29, 1.82) is 0 Å². The molecule has 2 aromatic carbocycles. The molecule has 136 valence electrons. The first-order chi connectivity index (χ1) is 12.3. The summed E-state index contributed by atoms with van der Waals surface area (Å²) in [5, 5.41) is 6.83. The summed E-state index contributed by atoms with van der Waals surface area (Å²) in [5.74, 6) is 0.984. The van der Waals surface area contributed by atoms with Crippen LogP contribution in [0.2, 0.25) is 0 Å². The summed E-state index contributed by atoms with van der Waals surface area (Å²) in [6.07, 6.45) is 0.903. The zero-order valence-corrected chi connectivity index (χ0v) is 15.5. The van der Waals surface area contributed by atoms with Crippen LogP contribution < -0.4 is 15.4 Å². The van der Waals surface area contributed by atoms with Gasteiger partial charge in [-0.05, 0) is 31.3 Å². The van der Waals surface area contributed by atoms with E-state index in [-0.39, 0.29) is 0 Å². The molecule has 0 amide bonds. The zero-order chi connectivity index (χ0) is 17.7. The molecule has 2 N–H and O–H groups in total. The second-order valence-electron chi connectivity index (χ2n) is 6.42. The monoisotopic (exact) mass is 341 g/mol. The van der Waals surface area contributed by atoms with Crippen LogP contribution in [0.4, 0.5) is 0 Å². The first-order valence-corrected chi connectivity index (χ1v) is 9.06. The van der Waals surface area contributed by atoms with Crippen LogP contribution in [0.15, 0.2) is 54.6 Å². The molecule has 4 nitrogen and oxygen atoms in total. The van der Waals surface area contributed by atoms with E-state index in [0.717, 1.165) is 44.9 Å². The van der Waals surface area contributed by atoms with E-state index in [9.17, 15) is 0 Å². The first kappa shape index (κ1) is 19.4. The van der Waals surface area contributed by atoms with Crippen LogP contribution in [0.3, 0.4) is 0 Å². The Morgan fingerprint density at radius 1 is 0.800 bits per heavy atom. The largest absolute Gasteiger partial charge is 0.492 e. The Balaban J connectivity index is 1.64. The number of likely N-dealkylation sites (N-methyl/N-ethyl adjacent to an activating group) is 1. The summed E-state index contributed by atoms with van der Waals surface area (Å²) in [4.78, 5) is 2.18. The van der Waals surface area contributed by atoms with E-state index in [1.165, 1.54) is 11.1 Å². The number of rotatable bonds is 12. The van der Waals surface area contributed by atoms with Crippen LogP contribution in [0, 0.1) is 0 Å². The number of nitrogens with zero attached hydrogens (tertiary/aromatic N) is 1. The molecule has 0 unspecified atom stereocenters. The molecule has 0 saturated heterocycles. The van der Waals surface area contributed by atoms with Crippen molar-refractivity contribution in [3.05, 3.63) is 65.7 Å². The SMILES string of the molecule is CN(C)CCNCCNCCOc1ccccc1Cc1ccccc1. The van der Waals surface area contributed by atoms with Gasteiger partial charge in [0.1, 0.15) is 12.4 Å². The topological polar surface area (TPSA) is 36.5 Å². The van der Waals surface area contributed by atoms with E-state index in [4.69, 9.17) is 4.74 Å². The molecule has 2 aromatic rings. The molecule has 0 heterocycles. The highest BCUT2D eigenvalue weighted by molar-refractivity contribution is 5.37. The minimum atomic E-state index is 0.684. The van der Waals surface area contributed by atoms with E-state index in [2.05, 4.69) is 72.1 Å². The van der Waals surface area contributed by atoms with E-state index >= 15 is 0 Å². The van der Waals surface area contributed by atoms with Crippen molar-refractivity contribution in [2.24, 2.45) is 0 Å². The molecular weight excluding hydrogens is 310 g/mol. The summed E-state index contributed by atoms with van der Waals surface area (Å²) in [6.45, 7) is 5.58. The van der Waals surface area contributed by atoms with Crippen molar-refractivity contribution < 1.29 is 4.74 Å². The fourth-order valence-corrected chi connectivity index (χ4v) is 2.57. The quantitative estimate of drug-likeness (QED) is 0.581. The number of hydrogen-bond acceptors (Lipinski definition) is 4. The molecule has 0 aromatic heterocycles. The molecule has 0 atom stereocenters. The van der Waals surface area contributed by atoms with Crippen molar-refractivity contribution in [3.8, 4) is 5.75 Å². The lowest BCUT2D eigenvalue weighted by Crippen LogP contribution is -2.33. The molecule has 0 aliphatic rings. The Bertz CT molecular complexity index is 587. The molecule has 0 bridgehead atoms. The maximum Gasteiger partial charge on any atom is 0.122 e. The maximum absolute atomic E-state index is 5.98. The van der Waals surface area contributed by atoms with Crippen molar-refractivity contribution in [3.63, 3.8) is 0 Å². The Labute approximate surface area is 152 Å². The van der Waals surface area contributed by atoms with E-state index in [0.29, 0.717) is 6.61 Å². The molecular formula is C21H31N3O. The smallest absolute Gasteiger partial charge is 0.122 e. The van der Waals surface area contributed by atoms with Crippen molar-refractivity contribution in [2.45, 2.75) is 6.42 Å². The van der Waals surface area contributed by atoms with Crippen molar-refractivity contribution in [2.75, 3.05) is 53.4 Å². The van der Waals surface area contributed by atoms with E-state index in [1.54, 1.807) is 0 Å². The van der Waals surface area contributed by atoms with Gasteiger partial charge in [0.05, 0.1) is 0 Å². The molecule has 2 rings (SSSR count). The third kappa shape index (κ3) is 8.16. The summed E-state index contributed by atoms with van der Waals surface area (Å²) in [6, 6.07) is 18.8. The van der Waals surface area contributed by atoms with Crippen LogP contribution in [0.5, 0.6) is 5.75 Å². The van der Waals surface area contributed by atoms with Crippen LogP contribution in [0.1, 0.15) is 11.1 Å². The van der Waals surface area contributed by atoms with Gasteiger partial charge < -0.3 is 20.3 Å². The Kier molecular flexibility index (Phi) is 9.05. The predicted octanol–water partition coefficient (Wildman–Crippen LogP) is 2.40. The van der Waals surface area contributed by atoms with Gasteiger partial charge in [0.2, 0.25) is 0 Å². The molecule has 0 radical (unpaired) electrons. The number of benzene rings is 2. The van der Waals surface area contributed by atoms with Gasteiger partial charge in [-0.2, -0.15) is 0 Å². The normalized spacial score (nSPS) is 11.0. The standard InChI is InChI=1S/C21H31N3O/c1-24(2)16-14-22-12-13-23-15-17-25-21-11-7-6-10-20(21)18-19-8-4-3-5-9-19/h3-11,22-23H,12-18H2,1-2H3. The Hall–Kier alpha value is -1.88. The molecule has 0 aliphatic carbocycles. The van der Waals surface area contributed by atoms with Gasteiger partial charge in [-0.1, -0.05) is 48.5 Å². The molecule has 4 heteroatoms. The fourth-order valence-electron chi connectivity index (χ4n) is 2.57. The lowest BCUT2D eigenvalue weighted by atomic mass is 10.0. The highest BCUT2D eigenvalue weighted by atomic mass is 16.5.